The predicted molar refractivity (Wildman–Crippen MR) is 251 cm³/mol. The predicted octanol–water partition coefficient (Wildman–Crippen LogP) is 15.7. The Morgan fingerprint density at radius 1 is 0.288 bits per heavy atom. The van der Waals surface area contributed by atoms with E-state index in [1.807, 2.05) is 0 Å². The third-order valence-corrected chi connectivity index (χ3v) is 11.5. The van der Waals surface area contributed by atoms with Crippen molar-refractivity contribution in [3.05, 3.63) is 237 Å². The highest BCUT2D eigenvalue weighted by Crippen LogP contribution is 2.42. The average molecular weight is 754 g/mol. The highest BCUT2D eigenvalue weighted by atomic mass is 15.1. The van der Waals surface area contributed by atoms with E-state index in [0.717, 1.165) is 39.8 Å². The number of hydrogen-bond donors (Lipinski definition) is 0. The van der Waals surface area contributed by atoms with Crippen LogP contribution < -0.4 is 9.80 Å². The number of nitrogens with zero attached hydrogens (tertiary/aromatic N) is 3. The largest absolute Gasteiger partial charge is 0.311 e. The fraction of sp³-hybridized carbons (Fsp3) is 0. The molecule has 0 aliphatic rings. The Labute approximate surface area is 343 Å². The van der Waals surface area contributed by atoms with Gasteiger partial charge < -0.3 is 14.4 Å². The van der Waals surface area contributed by atoms with Crippen molar-refractivity contribution in [1.29, 1.82) is 0 Å². The van der Waals surface area contributed by atoms with Crippen LogP contribution in [0.15, 0.2) is 237 Å². The van der Waals surface area contributed by atoms with E-state index < -0.39 is 0 Å². The van der Waals surface area contributed by atoms with Crippen molar-refractivity contribution in [1.82, 2.24) is 4.57 Å². The third kappa shape index (κ3) is 6.08. The van der Waals surface area contributed by atoms with E-state index in [0.29, 0.717) is 0 Å². The number of para-hydroxylation sites is 5. The van der Waals surface area contributed by atoms with Crippen LogP contribution in [0.4, 0.5) is 34.1 Å². The second-order valence-corrected chi connectivity index (χ2v) is 15.0. The molecule has 0 N–H and O–H groups in total. The van der Waals surface area contributed by atoms with Crippen LogP contribution >= 0.6 is 0 Å². The number of anilines is 6. The van der Waals surface area contributed by atoms with Crippen molar-refractivity contribution in [3.63, 3.8) is 0 Å². The quantitative estimate of drug-likeness (QED) is 0.143. The number of fused-ring (bicyclic) bond motifs is 6. The first-order chi connectivity index (χ1) is 29.3. The van der Waals surface area contributed by atoms with E-state index in [2.05, 4.69) is 251 Å². The van der Waals surface area contributed by atoms with Gasteiger partial charge in [0.1, 0.15) is 0 Å². The minimum Gasteiger partial charge on any atom is -0.311 e. The van der Waals surface area contributed by atoms with Crippen LogP contribution in [-0.4, -0.2) is 4.57 Å². The van der Waals surface area contributed by atoms with E-state index in [1.165, 1.54) is 54.5 Å². The topological polar surface area (TPSA) is 11.4 Å². The summed E-state index contributed by atoms with van der Waals surface area (Å²) in [6, 6.07) is 85.2. The van der Waals surface area contributed by atoms with E-state index in [4.69, 9.17) is 0 Å². The molecule has 0 atom stereocenters. The van der Waals surface area contributed by atoms with Crippen LogP contribution in [0.25, 0.3) is 60.2 Å². The van der Waals surface area contributed by atoms with Gasteiger partial charge in [-0.2, -0.15) is 0 Å². The lowest BCUT2D eigenvalue weighted by atomic mass is 9.99. The number of aromatic nitrogens is 1. The zero-order valence-electron chi connectivity index (χ0n) is 32.4. The molecule has 59 heavy (non-hydrogen) atoms. The van der Waals surface area contributed by atoms with Gasteiger partial charge in [0.2, 0.25) is 0 Å². The summed E-state index contributed by atoms with van der Waals surface area (Å²) >= 11 is 0. The van der Waals surface area contributed by atoms with Gasteiger partial charge in [0.25, 0.3) is 0 Å². The Hall–Kier alpha value is -7.88. The molecular formula is C56H39N3. The maximum Gasteiger partial charge on any atom is 0.0547 e. The Kier molecular flexibility index (Phi) is 8.49. The highest BCUT2D eigenvalue weighted by Gasteiger charge is 2.18. The zero-order valence-corrected chi connectivity index (χ0v) is 32.4. The van der Waals surface area contributed by atoms with Gasteiger partial charge in [-0.15, -0.1) is 0 Å². The first kappa shape index (κ1) is 34.4. The lowest BCUT2D eigenvalue weighted by Crippen LogP contribution is -2.09. The molecule has 3 nitrogen and oxygen atoms in total. The molecule has 0 radical (unpaired) electrons. The first-order valence-corrected chi connectivity index (χ1v) is 20.2. The molecule has 0 spiro atoms. The fourth-order valence-corrected chi connectivity index (χ4v) is 8.86. The van der Waals surface area contributed by atoms with E-state index in [9.17, 15) is 0 Å². The van der Waals surface area contributed by atoms with E-state index >= 15 is 0 Å². The molecule has 1 heterocycles. The van der Waals surface area contributed by atoms with Crippen LogP contribution in [0.5, 0.6) is 0 Å². The fourth-order valence-electron chi connectivity index (χ4n) is 8.86. The molecule has 0 saturated carbocycles. The second-order valence-electron chi connectivity index (χ2n) is 15.0. The number of rotatable bonds is 8. The maximum atomic E-state index is 2.43. The van der Waals surface area contributed by atoms with Gasteiger partial charge in [-0.05, 0) is 130 Å². The molecule has 278 valence electrons. The minimum absolute atomic E-state index is 1.12. The Balaban J connectivity index is 0.994. The molecule has 11 rings (SSSR count). The first-order valence-electron chi connectivity index (χ1n) is 20.2. The molecule has 0 amide bonds. The lowest BCUT2D eigenvalue weighted by molar-refractivity contribution is 1.19. The molecule has 0 fully saturated rings. The van der Waals surface area contributed by atoms with Crippen LogP contribution in [0, 0.1) is 0 Å². The van der Waals surface area contributed by atoms with E-state index in [-0.39, 0.29) is 0 Å². The van der Waals surface area contributed by atoms with Crippen molar-refractivity contribution < 1.29 is 0 Å². The standard InChI is InChI=1S/C56H39N3/c1-5-16-43(17-6-1)57(44-18-7-2-8-19-44)47-32-30-40(31-33-47)52-25-15-27-55-56(52)53-24-13-14-26-54(53)59(55)49-35-37-51-42(39-49)29-28-41-38-48(34-36-50(41)51)58(45-20-9-3-10-21-45)46-22-11-4-12-23-46/h1-39H. The molecule has 0 aliphatic heterocycles. The summed E-state index contributed by atoms with van der Waals surface area (Å²) in [6.07, 6.45) is 0. The van der Waals surface area contributed by atoms with Crippen molar-refractivity contribution in [2.75, 3.05) is 9.80 Å². The molecule has 1 aromatic heterocycles. The molecule has 11 aromatic rings. The van der Waals surface area contributed by atoms with Crippen LogP contribution in [0.1, 0.15) is 0 Å². The van der Waals surface area contributed by atoms with Crippen molar-refractivity contribution in [2.24, 2.45) is 0 Å². The Morgan fingerprint density at radius 2 is 0.746 bits per heavy atom. The zero-order chi connectivity index (χ0) is 39.1. The monoisotopic (exact) mass is 753 g/mol. The van der Waals surface area contributed by atoms with Gasteiger partial charge in [0, 0.05) is 50.6 Å². The van der Waals surface area contributed by atoms with Gasteiger partial charge in [-0.25, -0.2) is 0 Å². The van der Waals surface area contributed by atoms with Crippen LogP contribution in [-0.2, 0) is 0 Å². The molecule has 3 heteroatoms. The highest BCUT2D eigenvalue weighted by molar-refractivity contribution is 6.16. The molecule has 0 saturated heterocycles. The summed E-state index contributed by atoms with van der Waals surface area (Å²) in [7, 11) is 0. The summed E-state index contributed by atoms with van der Waals surface area (Å²) < 4.78 is 2.43. The number of benzene rings is 10. The van der Waals surface area contributed by atoms with Gasteiger partial charge in [0.15, 0.2) is 0 Å². The Morgan fingerprint density at radius 3 is 1.34 bits per heavy atom. The van der Waals surface area contributed by atoms with Gasteiger partial charge in [-0.1, -0.05) is 140 Å². The Bertz CT molecular complexity index is 3170. The second kappa shape index (κ2) is 14.6. The summed E-state index contributed by atoms with van der Waals surface area (Å²) in [6.45, 7) is 0. The SMILES string of the molecule is c1ccc(N(c2ccccc2)c2ccc(-c3cccc4c3c3ccccc3n4-c3ccc4c(ccc5cc(N(c6ccccc6)c6ccccc6)ccc54)c3)cc2)cc1. The minimum atomic E-state index is 1.12. The van der Waals surface area contributed by atoms with Crippen molar-refractivity contribution in [2.45, 2.75) is 0 Å². The van der Waals surface area contributed by atoms with Crippen molar-refractivity contribution >= 4 is 77.5 Å². The molecule has 10 aromatic carbocycles. The van der Waals surface area contributed by atoms with Crippen LogP contribution in [0.2, 0.25) is 0 Å². The summed E-state index contributed by atoms with van der Waals surface area (Å²) in [5.74, 6) is 0. The third-order valence-electron chi connectivity index (χ3n) is 11.5. The molecule has 0 unspecified atom stereocenters. The van der Waals surface area contributed by atoms with Crippen LogP contribution in [0.3, 0.4) is 0 Å². The summed E-state index contributed by atoms with van der Waals surface area (Å²) in [5, 5.41) is 7.40. The van der Waals surface area contributed by atoms with E-state index in [1.54, 1.807) is 0 Å². The van der Waals surface area contributed by atoms with Gasteiger partial charge >= 0.3 is 0 Å². The molecular weight excluding hydrogens is 715 g/mol. The summed E-state index contributed by atoms with van der Waals surface area (Å²) in [5.41, 5.74) is 12.7. The van der Waals surface area contributed by atoms with Gasteiger partial charge in [-0.3, -0.25) is 0 Å². The molecule has 0 bridgehead atoms. The summed E-state index contributed by atoms with van der Waals surface area (Å²) in [4.78, 5) is 4.63. The maximum absolute atomic E-state index is 2.43. The molecule has 0 aliphatic carbocycles. The smallest absolute Gasteiger partial charge is 0.0547 e. The van der Waals surface area contributed by atoms with Crippen molar-refractivity contribution in [3.8, 4) is 16.8 Å². The number of hydrogen-bond acceptors (Lipinski definition) is 2. The average Bonchev–Trinajstić information content (AvgIpc) is 3.65. The van der Waals surface area contributed by atoms with Gasteiger partial charge in [0.05, 0.1) is 11.0 Å². The normalized spacial score (nSPS) is 11.4. The lowest BCUT2D eigenvalue weighted by Gasteiger charge is -2.25.